The van der Waals surface area contributed by atoms with Gasteiger partial charge in [0.05, 0.1) is 27.9 Å². The molecule has 6 aromatic carbocycles. The Morgan fingerprint density at radius 3 is 2.07 bits per heavy atom. The van der Waals surface area contributed by atoms with E-state index in [0.717, 1.165) is 66.5 Å². The van der Waals surface area contributed by atoms with Crippen molar-refractivity contribution in [3.8, 4) is 33.8 Å². The molecule has 9 rings (SSSR count). The standard InChI is InChI=1S/C40H28N3OP/c1-27-41-34-16-10-18-38-40(34)42(27)36-24-23-30(26-39(36)45(38,44)33-14-6-3-7-15-33)28-19-21-29(22-20-28)37-25-31-11-8-9-17-35(31)43(37)32-12-4-2-5-13-32/h2-26H,1H3. The van der Waals surface area contributed by atoms with Gasteiger partial charge in [0.1, 0.15) is 5.82 Å². The molecule has 45 heavy (non-hydrogen) atoms. The molecule has 0 fully saturated rings. The third-order valence-corrected chi connectivity index (χ3v) is 12.2. The number of imidazole rings is 1. The van der Waals surface area contributed by atoms with Gasteiger partial charge in [-0.05, 0) is 72.1 Å². The number of aromatic nitrogens is 3. The average molecular weight is 598 g/mol. The first-order valence-corrected chi connectivity index (χ1v) is 16.9. The van der Waals surface area contributed by atoms with Crippen LogP contribution in [0, 0.1) is 6.92 Å². The number of rotatable bonds is 4. The van der Waals surface area contributed by atoms with Crippen molar-refractivity contribution in [3.63, 3.8) is 0 Å². The monoisotopic (exact) mass is 597 g/mol. The van der Waals surface area contributed by atoms with Gasteiger partial charge in [0, 0.05) is 27.0 Å². The van der Waals surface area contributed by atoms with Crippen molar-refractivity contribution in [2.24, 2.45) is 0 Å². The van der Waals surface area contributed by atoms with Gasteiger partial charge in [-0.25, -0.2) is 4.98 Å². The van der Waals surface area contributed by atoms with Crippen LogP contribution >= 0.6 is 7.14 Å². The lowest BCUT2D eigenvalue weighted by atomic mass is 10.0. The third-order valence-electron chi connectivity index (χ3n) is 9.08. The van der Waals surface area contributed by atoms with Gasteiger partial charge < -0.3 is 9.13 Å². The predicted octanol–water partition coefficient (Wildman–Crippen LogP) is 8.56. The van der Waals surface area contributed by atoms with E-state index in [2.05, 4.69) is 106 Å². The highest BCUT2D eigenvalue weighted by Gasteiger charge is 2.39. The summed E-state index contributed by atoms with van der Waals surface area (Å²) in [5.41, 5.74) is 9.46. The second-order valence-corrected chi connectivity index (χ2v) is 14.3. The lowest BCUT2D eigenvalue weighted by Crippen LogP contribution is -2.33. The Hall–Kier alpha value is -5.44. The summed E-state index contributed by atoms with van der Waals surface area (Å²) < 4.78 is 20.0. The van der Waals surface area contributed by atoms with Crippen LogP contribution in [0.3, 0.4) is 0 Å². The Labute approximate surface area is 261 Å². The molecule has 0 saturated carbocycles. The molecule has 0 bridgehead atoms. The molecule has 0 radical (unpaired) electrons. The van der Waals surface area contributed by atoms with Crippen LogP contribution in [0.2, 0.25) is 0 Å². The van der Waals surface area contributed by atoms with Gasteiger partial charge >= 0.3 is 0 Å². The minimum Gasteiger partial charge on any atom is -0.309 e. The van der Waals surface area contributed by atoms with Crippen molar-refractivity contribution in [1.29, 1.82) is 0 Å². The van der Waals surface area contributed by atoms with E-state index >= 15 is 4.57 Å². The minimum atomic E-state index is -3.18. The first-order chi connectivity index (χ1) is 22.1. The molecule has 214 valence electrons. The molecule has 0 spiro atoms. The number of benzene rings is 6. The summed E-state index contributed by atoms with van der Waals surface area (Å²) in [5.74, 6) is 0.893. The number of fused-ring (bicyclic) bond motifs is 3. The van der Waals surface area contributed by atoms with Gasteiger partial charge in [0.15, 0.2) is 7.14 Å². The summed E-state index contributed by atoms with van der Waals surface area (Å²) in [7, 11) is -3.18. The fraction of sp³-hybridized carbons (Fsp3) is 0.0250. The lowest BCUT2D eigenvalue weighted by molar-refractivity contribution is 0.592. The highest BCUT2D eigenvalue weighted by molar-refractivity contribution is 7.86. The van der Waals surface area contributed by atoms with Crippen molar-refractivity contribution in [2.45, 2.75) is 6.92 Å². The number of aryl methyl sites for hydroxylation is 1. The van der Waals surface area contributed by atoms with Gasteiger partial charge in [0.25, 0.3) is 0 Å². The first kappa shape index (κ1) is 26.0. The molecular weight excluding hydrogens is 569 g/mol. The fourth-order valence-corrected chi connectivity index (χ4v) is 10.1. The molecule has 0 saturated heterocycles. The normalized spacial score (nSPS) is 15.4. The van der Waals surface area contributed by atoms with Crippen LogP contribution in [0.25, 0.3) is 55.7 Å². The maximum Gasteiger partial charge on any atom is 0.175 e. The van der Waals surface area contributed by atoms with Gasteiger partial charge in [-0.15, -0.1) is 0 Å². The first-order valence-electron chi connectivity index (χ1n) is 15.2. The van der Waals surface area contributed by atoms with Crippen LogP contribution in [0.4, 0.5) is 0 Å². The molecule has 0 N–H and O–H groups in total. The van der Waals surface area contributed by atoms with E-state index in [9.17, 15) is 0 Å². The van der Waals surface area contributed by atoms with Crippen LogP contribution < -0.4 is 15.9 Å². The number of hydrogen-bond acceptors (Lipinski definition) is 2. The van der Waals surface area contributed by atoms with Gasteiger partial charge in [-0.3, -0.25) is 4.57 Å². The Morgan fingerprint density at radius 1 is 0.578 bits per heavy atom. The Kier molecular flexibility index (Phi) is 5.65. The summed E-state index contributed by atoms with van der Waals surface area (Å²) >= 11 is 0. The van der Waals surface area contributed by atoms with Gasteiger partial charge in [0.2, 0.25) is 0 Å². The van der Waals surface area contributed by atoms with Crippen molar-refractivity contribution in [2.75, 3.05) is 0 Å². The lowest BCUT2D eigenvalue weighted by Gasteiger charge is -2.29. The molecule has 1 aliphatic heterocycles. The van der Waals surface area contributed by atoms with E-state index < -0.39 is 7.14 Å². The topological polar surface area (TPSA) is 39.8 Å². The maximum absolute atomic E-state index is 15.5. The minimum absolute atomic E-state index is 0.838. The summed E-state index contributed by atoms with van der Waals surface area (Å²) in [5, 5.41) is 3.74. The second-order valence-electron chi connectivity index (χ2n) is 11.6. The second kappa shape index (κ2) is 9.79. The molecule has 1 atom stereocenters. The largest absolute Gasteiger partial charge is 0.309 e. The predicted molar refractivity (Wildman–Crippen MR) is 186 cm³/mol. The number of para-hydroxylation sites is 3. The molecule has 5 heteroatoms. The highest BCUT2D eigenvalue weighted by atomic mass is 31.2. The molecule has 0 amide bonds. The summed E-state index contributed by atoms with van der Waals surface area (Å²) in [6.45, 7) is 2.02. The molecule has 1 unspecified atom stereocenters. The van der Waals surface area contributed by atoms with E-state index in [1.807, 2.05) is 61.5 Å². The highest BCUT2D eigenvalue weighted by Crippen LogP contribution is 2.50. The molecule has 3 heterocycles. The molecule has 4 nitrogen and oxygen atoms in total. The molecular formula is C40H28N3OP. The van der Waals surface area contributed by atoms with Crippen LogP contribution in [-0.4, -0.2) is 14.1 Å². The summed E-state index contributed by atoms with van der Waals surface area (Å²) in [6, 6.07) is 52.3. The summed E-state index contributed by atoms with van der Waals surface area (Å²) in [4.78, 5) is 4.85. The Morgan fingerprint density at radius 2 is 1.27 bits per heavy atom. The molecule has 0 aliphatic carbocycles. The van der Waals surface area contributed by atoms with Crippen LogP contribution in [0.15, 0.2) is 152 Å². The third kappa shape index (κ3) is 3.79. The van der Waals surface area contributed by atoms with Crippen molar-refractivity contribution in [3.05, 3.63) is 157 Å². The smallest absolute Gasteiger partial charge is 0.175 e. The Bertz CT molecular complexity index is 2460. The SMILES string of the molecule is Cc1nc2cccc3c2n1-c1ccc(-c2ccc(-c4cc5ccccc5n4-c4ccccc4)cc2)cc1P3(=O)c1ccccc1. The zero-order chi connectivity index (χ0) is 30.1. The number of hydrogen-bond donors (Lipinski definition) is 0. The zero-order valence-electron chi connectivity index (χ0n) is 24.6. The van der Waals surface area contributed by atoms with Crippen molar-refractivity contribution in [1.82, 2.24) is 14.1 Å². The quantitative estimate of drug-likeness (QED) is 0.191. The van der Waals surface area contributed by atoms with Gasteiger partial charge in [-0.2, -0.15) is 0 Å². The Balaban J connectivity index is 1.20. The van der Waals surface area contributed by atoms with E-state index in [0.29, 0.717) is 0 Å². The van der Waals surface area contributed by atoms with Gasteiger partial charge in [-0.1, -0.05) is 103 Å². The van der Waals surface area contributed by atoms with E-state index in [1.54, 1.807) is 0 Å². The summed E-state index contributed by atoms with van der Waals surface area (Å²) in [6.07, 6.45) is 0. The van der Waals surface area contributed by atoms with Crippen LogP contribution in [-0.2, 0) is 4.57 Å². The van der Waals surface area contributed by atoms with Crippen molar-refractivity contribution < 1.29 is 4.57 Å². The number of nitrogens with zero attached hydrogens (tertiary/aromatic N) is 3. The fourth-order valence-electron chi connectivity index (χ4n) is 7.02. The zero-order valence-corrected chi connectivity index (χ0v) is 25.5. The van der Waals surface area contributed by atoms with Crippen LogP contribution in [0.5, 0.6) is 0 Å². The van der Waals surface area contributed by atoms with Crippen LogP contribution in [0.1, 0.15) is 5.82 Å². The van der Waals surface area contributed by atoms with E-state index in [1.165, 1.54) is 10.9 Å². The van der Waals surface area contributed by atoms with Crippen molar-refractivity contribution >= 4 is 45.0 Å². The average Bonchev–Trinajstić information content (AvgIpc) is 3.66. The molecule has 1 aliphatic rings. The maximum atomic E-state index is 15.5. The molecule has 2 aromatic heterocycles. The van der Waals surface area contributed by atoms with E-state index in [-0.39, 0.29) is 0 Å². The molecule has 8 aromatic rings. The van der Waals surface area contributed by atoms with E-state index in [4.69, 9.17) is 4.98 Å².